The fourth-order valence-corrected chi connectivity index (χ4v) is 9.29. The molecule has 2 atom stereocenters. The molecule has 0 amide bonds. The van der Waals surface area contributed by atoms with Gasteiger partial charge in [0.2, 0.25) is 0 Å². The third-order valence-electron chi connectivity index (χ3n) is 5.03. The molecule has 0 aromatic heterocycles. The largest absolute Gasteiger partial charge is 0.404 e. The second-order valence-electron chi connectivity index (χ2n) is 6.82. The van der Waals surface area contributed by atoms with Crippen molar-refractivity contribution in [3.05, 3.63) is 73.3 Å². The summed E-state index contributed by atoms with van der Waals surface area (Å²) in [5.74, 6) is 0.608. The molecule has 2 heteroatoms. The lowest BCUT2D eigenvalue weighted by Crippen LogP contribution is -2.62. The van der Waals surface area contributed by atoms with Crippen LogP contribution in [0.1, 0.15) is 26.7 Å². The predicted molar refractivity (Wildman–Crippen MR) is 101 cm³/mol. The average Bonchev–Trinajstić information content (AvgIpc) is 2.98. The van der Waals surface area contributed by atoms with E-state index in [1.807, 2.05) is 6.08 Å². The Balaban J connectivity index is 2.16. The number of hydrogen-bond donors (Lipinski definition) is 0. The van der Waals surface area contributed by atoms with Crippen LogP contribution in [0.25, 0.3) is 0 Å². The second-order valence-corrected chi connectivity index (χ2v) is 10.4. The zero-order valence-electron chi connectivity index (χ0n) is 14.1. The summed E-state index contributed by atoms with van der Waals surface area (Å²) in [5, 5.41) is 2.80. The van der Waals surface area contributed by atoms with Crippen molar-refractivity contribution >= 4 is 18.7 Å². The van der Waals surface area contributed by atoms with Gasteiger partial charge in [0.05, 0.1) is 0 Å². The van der Waals surface area contributed by atoms with E-state index >= 15 is 0 Å². The van der Waals surface area contributed by atoms with Crippen LogP contribution in [0, 0.1) is 5.92 Å². The van der Waals surface area contributed by atoms with E-state index in [0.29, 0.717) is 17.6 Å². The Morgan fingerprint density at radius 1 is 1.04 bits per heavy atom. The van der Waals surface area contributed by atoms with Crippen molar-refractivity contribution in [1.82, 2.24) is 0 Å². The van der Waals surface area contributed by atoms with E-state index in [2.05, 4.69) is 81.1 Å². The summed E-state index contributed by atoms with van der Waals surface area (Å²) in [5.41, 5.74) is 0.595. The van der Waals surface area contributed by atoms with Crippen LogP contribution in [0.5, 0.6) is 0 Å². The van der Waals surface area contributed by atoms with Crippen molar-refractivity contribution in [2.75, 3.05) is 0 Å². The molecule has 1 saturated heterocycles. The summed E-state index contributed by atoms with van der Waals surface area (Å²) in [7, 11) is -2.23. The number of benzene rings is 2. The van der Waals surface area contributed by atoms with Crippen LogP contribution in [0.4, 0.5) is 0 Å². The first-order valence-electron chi connectivity index (χ1n) is 8.58. The predicted octanol–water partition coefficient (Wildman–Crippen LogP) is 4.14. The van der Waals surface area contributed by atoms with Gasteiger partial charge in [0, 0.05) is 6.10 Å². The van der Waals surface area contributed by atoms with E-state index in [1.165, 1.54) is 10.4 Å². The summed E-state index contributed by atoms with van der Waals surface area (Å²) in [6, 6.07) is 21.9. The maximum Gasteiger partial charge on any atom is 0.259 e. The van der Waals surface area contributed by atoms with Crippen LogP contribution >= 0.6 is 0 Å². The van der Waals surface area contributed by atoms with Crippen LogP contribution in [0.15, 0.2) is 73.3 Å². The Bertz CT molecular complexity index is 596. The topological polar surface area (TPSA) is 9.23 Å². The zero-order valence-corrected chi connectivity index (χ0v) is 15.1. The van der Waals surface area contributed by atoms with Crippen LogP contribution in [-0.2, 0) is 4.43 Å². The average molecular weight is 323 g/mol. The lowest BCUT2D eigenvalue weighted by Gasteiger charge is -2.35. The lowest BCUT2D eigenvalue weighted by atomic mass is 10.0. The van der Waals surface area contributed by atoms with Crippen molar-refractivity contribution in [3.63, 3.8) is 0 Å². The first-order valence-corrected chi connectivity index (χ1v) is 10.6. The Labute approximate surface area is 141 Å². The second kappa shape index (κ2) is 6.86. The minimum Gasteiger partial charge on any atom is -0.404 e. The van der Waals surface area contributed by atoms with Gasteiger partial charge >= 0.3 is 0 Å². The summed E-state index contributed by atoms with van der Waals surface area (Å²) < 4.78 is 6.90. The number of hydrogen-bond acceptors (Lipinski definition) is 1. The molecule has 0 bridgehead atoms. The van der Waals surface area contributed by atoms with Crippen molar-refractivity contribution < 1.29 is 4.43 Å². The Morgan fingerprint density at radius 3 is 2.00 bits per heavy atom. The monoisotopic (exact) mass is 322 g/mol. The molecular formula is C21H26OSi. The zero-order chi connectivity index (χ0) is 16.3. The molecule has 0 spiro atoms. The molecule has 0 unspecified atom stereocenters. The fraction of sp³-hybridized carbons (Fsp3) is 0.333. The van der Waals surface area contributed by atoms with E-state index in [4.69, 9.17) is 4.43 Å². The highest BCUT2D eigenvalue weighted by Crippen LogP contribution is 2.43. The highest BCUT2D eigenvalue weighted by molar-refractivity contribution is 6.99. The molecule has 1 heterocycles. The molecule has 1 aliphatic heterocycles. The van der Waals surface area contributed by atoms with Gasteiger partial charge in [-0.2, -0.15) is 0 Å². The molecule has 0 aliphatic carbocycles. The highest BCUT2D eigenvalue weighted by Gasteiger charge is 2.54. The summed E-state index contributed by atoms with van der Waals surface area (Å²) in [6.07, 6.45) is 4.38. The van der Waals surface area contributed by atoms with Crippen LogP contribution < -0.4 is 10.4 Å². The minimum absolute atomic E-state index is 0.298. The van der Waals surface area contributed by atoms with Crippen molar-refractivity contribution in [3.8, 4) is 0 Å². The third-order valence-corrected chi connectivity index (χ3v) is 10.1. The quantitative estimate of drug-likeness (QED) is 0.594. The van der Waals surface area contributed by atoms with Gasteiger partial charge in [0.15, 0.2) is 0 Å². The Kier molecular flexibility index (Phi) is 4.84. The van der Waals surface area contributed by atoms with Gasteiger partial charge in [-0.1, -0.05) is 80.6 Å². The number of rotatable bonds is 5. The molecule has 2 aromatic carbocycles. The lowest BCUT2D eigenvalue weighted by molar-refractivity contribution is 0.231. The molecule has 120 valence electrons. The van der Waals surface area contributed by atoms with Gasteiger partial charge in [-0.15, -0.1) is 6.58 Å². The maximum atomic E-state index is 6.90. The molecule has 0 saturated carbocycles. The van der Waals surface area contributed by atoms with Gasteiger partial charge in [-0.3, -0.25) is 0 Å². The normalized spacial score (nSPS) is 23.1. The first-order chi connectivity index (χ1) is 11.2. The smallest absolute Gasteiger partial charge is 0.259 e. The molecule has 23 heavy (non-hydrogen) atoms. The van der Waals surface area contributed by atoms with Crippen LogP contribution in [0.2, 0.25) is 5.54 Å². The third kappa shape index (κ3) is 2.93. The van der Waals surface area contributed by atoms with Gasteiger partial charge < -0.3 is 4.43 Å². The fourth-order valence-electron chi connectivity index (χ4n) is 4.02. The van der Waals surface area contributed by atoms with Gasteiger partial charge in [0.25, 0.3) is 8.32 Å². The van der Waals surface area contributed by atoms with Crippen molar-refractivity contribution in [1.29, 1.82) is 0 Å². The summed E-state index contributed by atoms with van der Waals surface area (Å²) in [6.45, 7) is 8.61. The minimum atomic E-state index is -2.23. The molecular weight excluding hydrogens is 296 g/mol. The van der Waals surface area contributed by atoms with Gasteiger partial charge in [0.1, 0.15) is 0 Å². The summed E-state index contributed by atoms with van der Waals surface area (Å²) >= 11 is 0. The Morgan fingerprint density at radius 2 is 1.57 bits per heavy atom. The first kappa shape index (κ1) is 16.2. The Hall–Kier alpha value is -1.64. The molecule has 1 aliphatic rings. The molecule has 1 fully saturated rings. The van der Waals surface area contributed by atoms with Gasteiger partial charge in [-0.05, 0) is 34.7 Å². The maximum absolute atomic E-state index is 6.90. The molecule has 0 N–H and O–H groups in total. The van der Waals surface area contributed by atoms with E-state index < -0.39 is 8.32 Å². The molecule has 3 rings (SSSR count). The molecule has 1 nitrogen and oxygen atoms in total. The van der Waals surface area contributed by atoms with Gasteiger partial charge in [-0.25, -0.2) is 0 Å². The van der Waals surface area contributed by atoms with Crippen molar-refractivity contribution in [2.24, 2.45) is 5.92 Å². The van der Waals surface area contributed by atoms with E-state index in [-0.39, 0.29) is 0 Å². The SMILES string of the molecule is C=CC[C@@H]1C[C@@H](C(C)C)[Si](c2ccccc2)(c2ccccc2)O1. The summed E-state index contributed by atoms with van der Waals surface area (Å²) in [4.78, 5) is 0. The standard InChI is InChI=1S/C21H26OSi/c1-4-11-18-16-21(17(2)3)23(22-18,19-12-7-5-8-13-19)20-14-9-6-10-15-20/h4-10,12-15,17-18,21H,1,11,16H2,2-3H3/t18-,21+/m1/s1. The van der Waals surface area contributed by atoms with Crippen LogP contribution in [-0.4, -0.2) is 14.4 Å². The molecule has 2 aromatic rings. The van der Waals surface area contributed by atoms with E-state index in [9.17, 15) is 0 Å². The van der Waals surface area contributed by atoms with E-state index in [1.54, 1.807) is 0 Å². The highest BCUT2D eigenvalue weighted by atomic mass is 28.4. The molecule has 0 radical (unpaired) electrons. The van der Waals surface area contributed by atoms with Crippen LogP contribution in [0.3, 0.4) is 0 Å². The van der Waals surface area contributed by atoms with Crippen molar-refractivity contribution in [2.45, 2.75) is 38.3 Å². The van der Waals surface area contributed by atoms with E-state index in [0.717, 1.165) is 12.8 Å².